The zero-order valence-electron chi connectivity index (χ0n) is 13.2. The maximum atomic E-state index is 12.3. The van der Waals surface area contributed by atoms with Crippen molar-refractivity contribution < 1.29 is 9.53 Å². The molecule has 0 aliphatic carbocycles. The van der Waals surface area contributed by atoms with Crippen LogP contribution in [0.2, 0.25) is 0 Å². The lowest BCUT2D eigenvalue weighted by Gasteiger charge is -2.10. The number of benzene rings is 2. The molecule has 3 aromatic rings. The van der Waals surface area contributed by atoms with E-state index in [2.05, 4.69) is 5.32 Å². The minimum absolute atomic E-state index is 0.0336. The Bertz CT molecular complexity index is 773. The fourth-order valence-corrected chi connectivity index (χ4v) is 3.30. The first-order valence-electron chi connectivity index (χ1n) is 7.64. The molecule has 0 saturated heterocycles. The topological polar surface area (TPSA) is 38.3 Å². The second-order valence-corrected chi connectivity index (χ2v) is 6.73. The van der Waals surface area contributed by atoms with Crippen LogP contribution in [0.1, 0.15) is 29.1 Å². The summed E-state index contributed by atoms with van der Waals surface area (Å²) in [4.78, 5) is 13.0. The van der Waals surface area contributed by atoms with Gasteiger partial charge >= 0.3 is 0 Å². The monoisotopic (exact) mass is 325 g/mol. The standard InChI is InChI=1S/C19H19NO2S/c1-13(2)22-16-9-7-14(8-10-16)12-20-19(21)18-11-15-5-3-4-6-17(15)23-18/h3-11,13H,12H2,1-2H3,(H,20,21). The van der Waals surface area contributed by atoms with Crippen molar-refractivity contribution in [2.45, 2.75) is 26.5 Å². The van der Waals surface area contributed by atoms with Crippen molar-refractivity contribution >= 4 is 27.3 Å². The molecule has 2 aromatic carbocycles. The number of fused-ring (bicyclic) bond motifs is 1. The van der Waals surface area contributed by atoms with Gasteiger partial charge in [-0.25, -0.2) is 0 Å². The fraction of sp³-hybridized carbons (Fsp3) is 0.211. The molecule has 0 saturated carbocycles. The third-order valence-corrected chi connectivity index (χ3v) is 4.51. The molecule has 1 aromatic heterocycles. The molecule has 4 heteroatoms. The number of hydrogen-bond acceptors (Lipinski definition) is 3. The van der Waals surface area contributed by atoms with Crippen LogP contribution in [0, 0.1) is 0 Å². The lowest BCUT2D eigenvalue weighted by atomic mass is 10.2. The summed E-state index contributed by atoms with van der Waals surface area (Å²) in [6.07, 6.45) is 0.161. The molecule has 1 amide bonds. The van der Waals surface area contributed by atoms with E-state index in [1.165, 1.54) is 11.3 Å². The van der Waals surface area contributed by atoms with Gasteiger partial charge in [0.25, 0.3) is 5.91 Å². The second-order valence-electron chi connectivity index (χ2n) is 5.64. The van der Waals surface area contributed by atoms with Crippen molar-refractivity contribution in [2.24, 2.45) is 0 Å². The molecular weight excluding hydrogens is 306 g/mol. The maximum absolute atomic E-state index is 12.3. The lowest BCUT2D eigenvalue weighted by molar-refractivity contribution is 0.0955. The number of hydrogen-bond donors (Lipinski definition) is 1. The van der Waals surface area contributed by atoms with Gasteiger partial charge in [0.05, 0.1) is 11.0 Å². The molecule has 0 aliphatic heterocycles. The molecule has 1 heterocycles. The summed E-state index contributed by atoms with van der Waals surface area (Å²) >= 11 is 1.52. The number of rotatable bonds is 5. The second kappa shape index (κ2) is 6.84. The van der Waals surface area contributed by atoms with E-state index in [1.807, 2.05) is 68.4 Å². The maximum Gasteiger partial charge on any atom is 0.261 e. The summed E-state index contributed by atoms with van der Waals surface area (Å²) in [6.45, 7) is 4.51. The third kappa shape index (κ3) is 3.90. The van der Waals surface area contributed by atoms with Crippen LogP contribution in [0.5, 0.6) is 5.75 Å². The quantitative estimate of drug-likeness (QED) is 0.743. The number of amides is 1. The van der Waals surface area contributed by atoms with E-state index in [0.29, 0.717) is 6.54 Å². The summed E-state index contributed by atoms with van der Waals surface area (Å²) in [5.41, 5.74) is 1.05. The molecule has 23 heavy (non-hydrogen) atoms. The van der Waals surface area contributed by atoms with Gasteiger partial charge in [-0.2, -0.15) is 0 Å². The number of carbonyl (C=O) groups excluding carboxylic acids is 1. The fourth-order valence-electron chi connectivity index (χ4n) is 2.32. The Morgan fingerprint density at radius 1 is 1.13 bits per heavy atom. The van der Waals surface area contributed by atoms with Crippen LogP contribution in [0.25, 0.3) is 10.1 Å². The summed E-state index contributed by atoms with van der Waals surface area (Å²) < 4.78 is 6.74. The van der Waals surface area contributed by atoms with Crippen LogP contribution in [0.3, 0.4) is 0 Å². The lowest BCUT2D eigenvalue weighted by Crippen LogP contribution is -2.21. The van der Waals surface area contributed by atoms with Crippen LogP contribution >= 0.6 is 11.3 Å². The molecule has 0 unspecified atom stereocenters. The van der Waals surface area contributed by atoms with Gasteiger partial charge in [0, 0.05) is 11.2 Å². The number of ether oxygens (including phenoxy) is 1. The van der Waals surface area contributed by atoms with Crippen LogP contribution in [0.4, 0.5) is 0 Å². The van der Waals surface area contributed by atoms with Crippen molar-refractivity contribution in [3.05, 3.63) is 65.0 Å². The molecule has 0 atom stereocenters. The molecular formula is C19H19NO2S. The molecule has 0 bridgehead atoms. The summed E-state index contributed by atoms with van der Waals surface area (Å²) in [5.74, 6) is 0.813. The van der Waals surface area contributed by atoms with Crippen LogP contribution in [-0.4, -0.2) is 12.0 Å². The Morgan fingerprint density at radius 2 is 1.87 bits per heavy atom. The van der Waals surface area contributed by atoms with Crippen LogP contribution in [0.15, 0.2) is 54.6 Å². The first-order chi connectivity index (χ1) is 11.1. The molecule has 0 spiro atoms. The van der Waals surface area contributed by atoms with E-state index >= 15 is 0 Å². The Balaban J connectivity index is 1.62. The van der Waals surface area contributed by atoms with E-state index in [9.17, 15) is 4.79 Å². The van der Waals surface area contributed by atoms with Gasteiger partial charge in [0.2, 0.25) is 0 Å². The van der Waals surface area contributed by atoms with Gasteiger partial charge < -0.3 is 10.1 Å². The SMILES string of the molecule is CC(C)Oc1ccc(CNC(=O)c2cc3ccccc3s2)cc1. The molecule has 3 nitrogen and oxygen atoms in total. The highest BCUT2D eigenvalue weighted by molar-refractivity contribution is 7.20. The minimum atomic E-state index is -0.0336. The summed E-state index contributed by atoms with van der Waals surface area (Å²) in [5, 5.41) is 4.08. The van der Waals surface area contributed by atoms with E-state index in [1.54, 1.807) is 0 Å². The van der Waals surface area contributed by atoms with Gasteiger partial charge in [-0.15, -0.1) is 11.3 Å². The van der Waals surface area contributed by atoms with Gasteiger partial charge in [-0.3, -0.25) is 4.79 Å². The number of nitrogens with one attached hydrogen (secondary N) is 1. The van der Waals surface area contributed by atoms with Gasteiger partial charge in [0.15, 0.2) is 0 Å². The van der Waals surface area contributed by atoms with Crippen molar-refractivity contribution in [1.29, 1.82) is 0 Å². The highest BCUT2D eigenvalue weighted by atomic mass is 32.1. The average molecular weight is 325 g/mol. The molecule has 0 aliphatic rings. The zero-order valence-corrected chi connectivity index (χ0v) is 14.0. The predicted molar refractivity (Wildman–Crippen MR) is 95.2 cm³/mol. The van der Waals surface area contributed by atoms with Crippen molar-refractivity contribution in [3.8, 4) is 5.75 Å². The summed E-state index contributed by atoms with van der Waals surface area (Å²) in [7, 11) is 0. The highest BCUT2D eigenvalue weighted by Crippen LogP contribution is 2.25. The normalized spacial score (nSPS) is 10.9. The highest BCUT2D eigenvalue weighted by Gasteiger charge is 2.09. The molecule has 0 radical (unpaired) electrons. The first kappa shape index (κ1) is 15.6. The Labute approximate surface area is 139 Å². The zero-order chi connectivity index (χ0) is 16.2. The Kier molecular flexibility index (Phi) is 4.63. The van der Waals surface area contributed by atoms with Gasteiger partial charge in [-0.1, -0.05) is 30.3 Å². The van der Waals surface area contributed by atoms with Crippen molar-refractivity contribution in [2.75, 3.05) is 0 Å². The first-order valence-corrected chi connectivity index (χ1v) is 8.46. The molecule has 1 N–H and O–H groups in total. The number of carbonyl (C=O) groups is 1. The molecule has 0 fully saturated rings. The van der Waals surface area contributed by atoms with E-state index in [0.717, 1.165) is 26.3 Å². The van der Waals surface area contributed by atoms with Crippen molar-refractivity contribution in [3.63, 3.8) is 0 Å². The van der Waals surface area contributed by atoms with Crippen LogP contribution < -0.4 is 10.1 Å². The largest absolute Gasteiger partial charge is 0.491 e. The van der Waals surface area contributed by atoms with Gasteiger partial charge in [0.1, 0.15) is 5.75 Å². The number of thiophene rings is 1. The van der Waals surface area contributed by atoms with E-state index in [4.69, 9.17) is 4.74 Å². The summed E-state index contributed by atoms with van der Waals surface area (Å²) in [6, 6.07) is 17.8. The van der Waals surface area contributed by atoms with Crippen LogP contribution in [-0.2, 0) is 6.54 Å². The molecule has 118 valence electrons. The third-order valence-electron chi connectivity index (χ3n) is 3.40. The average Bonchev–Trinajstić information content (AvgIpc) is 2.97. The smallest absolute Gasteiger partial charge is 0.261 e. The Morgan fingerprint density at radius 3 is 2.57 bits per heavy atom. The minimum Gasteiger partial charge on any atom is -0.491 e. The van der Waals surface area contributed by atoms with E-state index in [-0.39, 0.29) is 12.0 Å². The van der Waals surface area contributed by atoms with E-state index < -0.39 is 0 Å². The Hall–Kier alpha value is -2.33. The molecule has 3 rings (SSSR count). The van der Waals surface area contributed by atoms with Crippen molar-refractivity contribution in [1.82, 2.24) is 5.32 Å². The van der Waals surface area contributed by atoms with Gasteiger partial charge in [-0.05, 0) is 49.1 Å². The predicted octanol–water partition coefficient (Wildman–Crippen LogP) is 4.62.